The SMILES string of the molecule is COC(=O)c1sccc1NC(=O)COc1cc(C)ccc1[N+](=O)[O-]. The molecule has 1 N–H and O–H groups in total. The summed E-state index contributed by atoms with van der Waals surface area (Å²) in [4.78, 5) is 34.1. The van der Waals surface area contributed by atoms with Crippen LogP contribution >= 0.6 is 11.3 Å². The van der Waals surface area contributed by atoms with Crippen LogP contribution < -0.4 is 10.1 Å². The van der Waals surface area contributed by atoms with Gasteiger partial charge in [-0.3, -0.25) is 14.9 Å². The first-order valence-electron chi connectivity index (χ1n) is 6.76. The topological polar surface area (TPSA) is 108 Å². The fourth-order valence-electron chi connectivity index (χ4n) is 1.88. The van der Waals surface area contributed by atoms with Crippen molar-refractivity contribution < 1.29 is 24.0 Å². The minimum absolute atomic E-state index is 0.00802. The van der Waals surface area contributed by atoms with Crippen molar-refractivity contribution in [2.45, 2.75) is 6.92 Å². The van der Waals surface area contributed by atoms with Crippen LogP contribution in [0, 0.1) is 17.0 Å². The first-order chi connectivity index (χ1) is 11.4. The predicted molar refractivity (Wildman–Crippen MR) is 87.6 cm³/mol. The van der Waals surface area contributed by atoms with Gasteiger partial charge in [0, 0.05) is 6.07 Å². The number of thiophene rings is 1. The molecule has 0 fully saturated rings. The number of nitro groups is 1. The lowest BCUT2D eigenvalue weighted by Gasteiger charge is -2.08. The number of methoxy groups -OCH3 is 1. The monoisotopic (exact) mass is 350 g/mol. The van der Waals surface area contributed by atoms with Crippen LogP contribution in [0.15, 0.2) is 29.6 Å². The second-order valence-electron chi connectivity index (χ2n) is 4.72. The van der Waals surface area contributed by atoms with Crippen molar-refractivity contribution in [1.82, 2.24) is 0 Å². The van der Waals surface area contributed by atoms with Crippen LogP contribution in [-0.4, -0.2) is 30.5 Å². The van der Waals surface area contributed by atoms with E-state index in [2.05, 4.69) is 10.1 Å². The number of hydrogen-bond donors (Lipinski definition) is 1. The third-order valence-electron chi connectivity index (χ3n) is 2.98. The summed E-state index contributed by atoms with van der Waals surface area (Å²) in [5.41, 5.74) is 0.847. The Morgan fingerprint density at radius 1 is 1.33 bits per heavy atom. The van der Waals surface area contributed by atoms with Gasteiger partial charge in [-0.1, -0.05) is 6.07 Å². The highest BCUT2D eigenvalue weighted by Gasteiger charge is 2.18. The Hall–Kier alpha value is -2.94. The molecule has 0 unspecified atom stereocenters. The van der Waals surface area contributed by atoms with Crippen LogP contribution in [-0.2, 0) is 9.53 Å². The standard InChI is InChI=1S/C15H14N2O6S/c1-9-3-4-11(17(20)21)12(7-9)23-8-13(18)16-10-5-6-24-14(10)15(19)22-2/h3-7H,8H2,1-2H3,(H,16,18). The number of esters is 1. The summed E-state index contributed by atoms with van der Waals surface area (Å²) < 4.78 is 9.87. The first kappa shape index (κ1) is 17.4. The van der Waals surface area contributed by atoms with E-state index in [0.29, 0.717) is 5.69 Å². The van der Waals surface area contributed by atoms with E-state index in [-0.39, 0.29) is 16.3 Å². The number of nitro benzene ring substituents is 1. The van der Waals surface area contributed by atoms with Gasteiger partial charge in [-0.15, -0.1) is 11.3 Å². The molecule has 0 aliphatic heterocycles. The molecule has 1 aromatic carbocycles. The number of nitrogens with one attached hydrogen (secondary N) is 1. The van der Waals surface area contributed by atoms with Crippen LogP contribution in [0.2, 0.25) is 0 Å². The lowest BCUT2D eigenvalue weighted by Crippen LogP contribution is -2.21. The molecule has 0 bridgehead atoms. The van der Waals surface area contributed by atoms with E-state index in [4.69, 9.17) is 4.74 Å². The summed E-state index contributed by atoms with van der Waals surface area (Å²) in [6, 6.07) is 5.94. The number of ether oxygens (including phenoxy) is 2. The van der Waals surface area contributed by atoms with Crippen molar-refractivity contribution in [2.75, 3.05) is 19.0 Å². The van der Waals surface area contributed by atoms with Gasteiger partial charge in [-0.25, -0.2) is 4.79 Å². The van der Waals surface area contributed by atoms with Gasteiger partial charge in [-0.05, 0) is 30.0 Å². The van der Waals surface area contributed by atoms with Gasteiger partial charge >= 0.3 is 11.7 Å². The summed E-state index contributed by atoms with van der Waals surface area (Å²) in [5.74, 6) is -1.10. The number of nitrogens with zero attached hydrogens (tertiary/aromatic N) is 1. The van der Waals surface area contributed by atoms with Crippen LogP contribution in [0.5, 0.6) is 5.75 Å². The molecule has 0 aliphatic carbocycles. The molecule has 2 rings (SSSR count). The molecule has 0 saturated carbocycles. The van der Waals surface area contributed by atoms with E-state index >= 15 is 0 Å². The highest BCUT2D eigenvalue weighted by molar-refractivity contribution is 7.12. The lowest BCUT2D eigenvalue weighted by molar-refractivity contribution is -0.385. The Bertz CT molecular complexity index is 786. The molecule has 0 spiro atoms. The first-order valence-corrected chi connectivity index (χ1v) is 7.64. The second-order valence-corrected chi connectivity index (χ2v) is 5.64. The lowest BCUT2D eigenvalue weighted by atomic mass is 10.2. The van der Waals surface area contributed by atoms with Gasteiger partial charge in [0.25, 0.3) is 5.91 Å². The summed E-state index contributed by atoms with van der Waals surface area (Å²) in [5, 5.41) is 15.1. The molecular weight excluding hydrogens is 336 g/mol. The molecule has 0 atom stereocenters. The number of anilines is 1. The molecule has 9 heteroatoms. The summed E-state index contributed by atoms with van der Waals surface area (Å²) in [6.07, 6.45) is 0. The Morgan fingerprint density at radius 3 is 2.75 bits per heavy atom. The van der Waals surface area contributed by atoms with Crippen molar-refractivity contribution in [3.63, 3.8) is 0 Å². The maximum atomic E-state index is 12.0. The smallest absolute Gasteiger partial charge is 0.350 e. The predicted octanol–water partition coefficient (Wildman–Crippen LogP) is 2.77. The molecule has 1 heterocycles. The third kappa shape index (κ3) is 4.07. The van der Waals surface area contributed by atoms with E-state index in [9.17, 15) is 19.7 Å². The van der Waals surface area contributed by atoms with E-state index in [1.165, 1.54) is 19.2 Å². The molecule has 24 heavy (non-hydrogen) atoms. The average molecular weight is 350 g/mol. The molecule has 2 aromatic rings. The van der Waals surface area contributed by atoms with E-state index in [1.807, 2.05) is 0 Å². The normalized spacial score (nSPS) is 10.1. The number of benzene rings is 1. The second kappa shape index (κ2) is 7.55. The quantitative estimate of drug-likeness (QED) is 0.487. The Morgan fingerprint density at radius 2 is 2.08 bits per heavy atom. The van der Waals surface area contributed by atoms with Crippen LogP contribution in [0.1, 0.15) is 15.2 Å². The van der Waals surface area contributed by atoms with Gasteiger partial charge < -0.3 is 14.8 Å². The largest absolute Gasteiger partial charge is 0.477 e. The van der Waals surface area contributed by atoms with E-state index in [1.54, 1.807) is 24.4 Å². The Labute approximate surface area is 141 Å². The van der Waals surface area contributed by atoms with Crippen LogP contribution in [0.4, 0.5) is 11.4 Å². The third-order valence-corrected chi connectivity index (χ3v) is 3.88. The number of carbonyl (C=O) groups is 2. The van der Waals surface area contributed by atoms with Gasteiger partial charge in [0.15, 0.2) is 12.4 Å². The van der Waals surface area contributed by atoms with Crippen LogP contribution in [0.25, 0.3) is 0 Å². The summed E-state index contributed by atoms with van der Waals surface area (Å²) in [7, 11) is 1.24. The molecule has 0 aliphatic rings. The van der Waals surface area contributed by atoms with Gasteiger partial charge in [0.05, 0.1) is 17.7 Å². The molecule has 126 valence electrons. The van der Waals surface area contributed by atoms with Gasteiger partial charge in [0.2, 0.25) is 0 Å². The number of aryl methyl sites for hydroxylation is 1. The number of amides is 1. The van der Waals surface area contributed by atoms with E-state index < -0.39 is 23.4 Å². The summed E-state index contributed by atoms with van der Waals surface area (Å²) >= 11 is 1.13. The highest BCUT2D eigenvalue weighted by atomic mass is 32.1. The maximum Gasteiger partial charge on any atom is 0.350 e. The van der Waals surface area contributed by atoms with Crippen LogP contribution in [0.3, 0.4) is 0 Å². The van der Waals surface area contributed by atoms with Crippen molar-refractivity contribution in [1.29, 1.82) is 0 Å². The fourth-order valence-corrected chi connectivity index (χ4v) is 2.64. The molecule has 1 amide bonds. The number of rotatable bonds is 6. The maximum absolute atomic E-state index is 12.0. The fraction of sp³-hybridized carbons (Fsp3) is 0.200. The van der Waals surface area contributed by atoms with Crippen molar-refractivity contribution in [2.24, 2.45) is 0 Å². The number of carbonyl (C=O) groups excluding carboxylic acids is 2. The molecular formula is C15H14N2O6S. The average Bonchev–Trinajstić information content (AvgIpc) is 3.00. The summed E-state index contributed by atoms with van der Waals surface area (Å²) in [6.45, 7) is 1.32. The van der Waals surface area contributed by atoms with Gasteiger partial charge in [-0.2, -0.15) is 0 Å². The minimum Gasteiger partial charge on any atom is -0.477 e. The molecule has 1 aromatic heterocycles. The van der Waals surface area contributed by atoms with Gasteiger partial charge in [0.1, 0.15) is 4.88 Å². The zero-order chi connectivity index (χ0) is 17.7. The zero-order valence-electron chi connectivity index (χ0n) is 12.9. The highest BCUT2D eigenvalue weighted by Crippen LogP contribution is 2.28. The molecule has 0 saturated heterocycles. The Balaban J connectivity index is 2.05. The van der Waals surface area contributed by atoms with Crippen molar-refractivity contribution in [3.8, 4) is 5.75 Å². The van der Waals surface area contributed by atoms with Crippen molar-refractivity contribution in [3.05, 3.63) is 50.2 Å². The molecule has 0 radical (unpaired) electrons. The molecule has 8 nitrogen and oxygen atoms in total. The van der Waals surface area contributed by atoms with E-state index in [0.717, 1.165) is 16.9 Å². The Kier molecular flexibility index (Phi) is 5.48. The minimum atomic E-state index is -0.582. The van der Waals surface area contributed by atoms with Crippen molar-refractivity contribution >= 4 is 34.6 Å². The number of hydrogen-bond acceptors (Lipinski definition) is 7. The zero-order valence-corrected chi connectivity index (χ0v) is 13.7.